The van der Waals surface area contributed by atoms with E-state index < -0.39 is 6.10 Å². The minimum absolute atomic E-state index is 0.0602. The maximum absolute atomic E-state index is 11.5. The third kappa shape index (κ3) is 3.46. The van der Waals surface area contributed by atoms with Gasteiger partial charge in [0.25, 0.3) is 0 Å². The monoisotopic (exact) mass is 220 g/mol. The van der Waals surface area contributed by atoms with Crippen LogP contribution < -0.4 is 0 Å². The average Bonchev–Trinajstić information content (AvgIpc) is 2.25. The van der Waals surface area contributed by atoms with Gasteiger partial charge in [-0.3, -0.25) is 4.79 Å². The summed E-state index contributed by atoms with van der Waals surface area (Å²) in [6.45, 7) is 5.68. The van der Waals surface area contributed by atoms with Crippen LogP contribution in [0.15, 0.2) is 30.3 Å². The zero-order valence-corrected chi connectivity index (χ0v) is 10.2. The summed E-state index contributed by atoms with van der Waals surface area (Å²) in [4.78, 5) is 11.5. The van der Waals surface area contributed by atoms with Crippen LogP contribution in [0.25, 0.3) is 0 Å². The summed E-state index contributed by atoms with van der Waals surface area (Å²) in [5.41, 5.74) is 0.823. The zero-order valence-electron chi connectivity index (χ0n) is 10.2. The summed E-state index contributed by atoms with van der Waals surface area (Å²) >= 11 is 0. The summed E-state index contributed by atoms with van der Waals surface area (Å²) in [6.07, 6.45) is 0.0480. The van der Waals surface area contributed by atoms with Gasteiger partial charge in [0, 0.05) is 5.92 Å². The third-order valence-electron chi connectivity index (χ3n) is 2.77. The van der Waals surface area contributed by atoms with Gasteiger partial charge in [0.2, 0.25) is 0 Å². The molecule has 0 fully saturated rings. The van der Waals surface area contributed by atoms with Crippen LogP contribution in [-0.2, 0) is 4.79 Å². The van der Waals surface area contributed by atoms with E-state index in [1.54, 1.807) is 6.92 Å². The van der Waals surface area contributed by atoms with Gasteiger partial charge in [0.1, 0.15) is 5.78 Å². The van der Waals surface area contributed by atoms with Gasteiger partial charge in [-0.05, 0) is 24.8 Å². The summed E-state index contributed by atoms with van der Waals surface area (Å²) in [5.74, 6) is 0.180. The van der Waals surface area contributed by atoms with E-state index in [0.717, 1.165) is 12.0 Å². The Balaban J connectivity index is 2.83. The van der Waals surface area contributed by atoms with Crippen LogP contribution in [-0.4, -0.2) is 10.9 Å². The number of aliphatic hydroxyl groups excluding tert-OH is 1. The second kappa shape index (κ2) is 5.80. The first-order chi connectivity index (χ1) is 7.52. The Bertz CT molecular complexity index is 330. The maximum atomic E-state index is 11.5. The van der Waals surface area contributed by atoms with Crippen molar-refractivity contribution in [2.24, 2.45) is 11.8 Å². The van der Waals surface area contributed by atoms with E-state index >= 15 is 0 Å². The predicted octanol–water partition coefficient (Wildman–Crippen LogP) is 2.97. The quantitative estimate of drug-likeness (QED) is 0.828. The van der Waals surface area contributed by atoms with Gasteiger partial charge in [-0.15, -0.1) is 0 Å². The normalized spacial score (nSPS) is 14.8. The lowest BCUT2D eigenvalue weighted by molar-refractivity contribution is -0.125. The molecular formula is C14H20O2. The third-order valence-corrected chi connectivity index (χ3v) is 2.77. The summed E-state index contributed by atoms with van der Waals surface area (Å²) in [7, 11) is 0. The summed E-state index contributed by atoms with van der Waals surface area (Å²) < 4.78 is 0. The molecule has 0 amide bonds. The molecule has 0 saturated heterocycles. The van der Waals surface area contributed by atoms with Crippen molar-refractivity contribution in [3.05, 3.63) is 35.9 Å². The van der Waals surface area contributed by atoms with Crippen molar-refractivity contribution in [2.75, 3.05) is 0 Å². The number of carbonyl (C=O) groups is 1. The molecule has 0 aliphatic rings. The van der Waals surface area contributed by atoms with Crippen molar-refractivity contribution in [1.29, 1.82) is 0 Å². The molecule has 88 valence electrons. The first kappa shape index (κ1) is 12.9. The number of hydrogen-bond acceptors (Lipinski definition) is 2. The van der Waals surface area contributed by atoms with Gasteiger partial charge < -0.3 is 5.11 Å². The molecule has 0 spiro atoms. The lowest BCUT2D eigenvalue weighted by Crippen LogP contribution is -2.22. The van der Waals surface area contributed by atoms with Gasteiger partial charge in [0.05, 0.1) is 6.10 Å². The molecule has 1 aromatic carbocycles. The molecule has 0 heterocycles. The molecule has 1 aromatic rings. The standard InChI is InChI=1S/C14H20O2/c1-10(2)9-13(11(3)15)14(16)12-7-5-4-6-8-12/h4-8,10,13-14,16H,9H2,1-3H3. The lowest BCUT2D eigenvalue weighted by atomic mass is 9.86. The van der Waals surface area contributed by atoms with Crippen molar-refractivity contribution >= 4 is 5.78 Å². The molecule has 2 nitrogen and oxygen atoms in total. The van der Waals surface area contributed by atoms with Crippen LogP contribution in [0.5, 0.6) is 0 Å². The van der Waals surface area contributed by atoms with E-state index in [1.165, 1.54) is 0 Å². The molecular weight excluding hydrogens is 200 g/mol. The fraction of sp³-hybridized carbons (Fsp3) is 0.500. The topological polar surface area (TPSA) is 37.3 Å². The first-order valence-electron chi connectivity index (χ1n) is 5.75. The van der Waals surface area contributed by atoms with E-state index in [4.69, 9.17) is 0 Å². The highest BCUT2D eigenvalue weighted by atomic mass is 16.3. The SMILES string of the molecule is CC(=O)C(CC(C)C)C(O)c1ccccc1. The molecule has 2 atom stereocenters. The molecule has 0 radical (unpaired) electrons. The second-order valence-corrected chi connectivity index (χ2v) is 4.70. The van der Waals surface area contributed by atoms with E-state index in [1.807, 2.05) is 30.3 Å². The molecule has 0 aromatic heterocycles. The van der Waals surface area contributed by atoms with E-state index in [2.05, 4.69) is 13.8 Å². The fourth-order valence-corrected chi connectivity index (χ4v) is 1.91. The number of hydrogen-bond donors (Lipinski definition) is 1. The molecule has 0 bridgehead atoms. The van der Waals surface area contributed by atoms with Crippen molar-refractivity contribution in [1.82, 2.24) is 0 Å². The van der Waals surface area contributed by atoms with Crippen LogP contribution >= 0.6 is 0 Å². The minimum atomic E-state index is -0.680. The summed E-state index contributed by atoms with van der Waals surface area (Å²) in [6, 6.07) is 9.39. The van der Waals surface area contributed by atoms with Crippen LogP contribution in [0, 0.1) is 11.8 Å². The maximum Gasteiger partial charge on any atom is 0.135 e. The summed E-state index contributed by atoms with van der Waals surface area (Å²) in [5, 5.41) is 10.2. The molecule has 0 aliphatic carbocycles. The zero-order chi connectivity index (χ0) is 12.1. The number of Topliss-reactive ketones (excluding diaryl/α,β-unsaturated/α-hetero) is 1. The largest absolute Gasteiger partial charge is 0.388 e. The number of carbonyl (C=O) groups excluding carboxylic acids is 1. The fourth-order valence-electron chi connectivity index (χ4n) is 1.91. The lowest BCUT2D eigenvalue weighted by Gasteiger charge is -2.22. The van der Waals surface area contributed by atoms with Crippen LogP contribution in [0.1, 0.15) is 38.9 Å². The van der Waals surface area contributed by atoms with Crippen molar-refractivity contribution in [2.45, 2.75) is 33.3 Å². The molecule has 1 N–H and O–H groups in total. The molecule has 2 unspecified atom stereocenters. The van der Waals surface area contributed by atoms with Gasteiger partial charge in [-0.2, -0.15) is 0 Å². The molecule has 2 heteroatoms. The number of benzene rings is 1. The number of rotatable bonds is 5. The van der Waals surface area contributed by atoms with Gasteiger partial charge >= 0.3 is 0 Å². The Labute approximate surface area is 97.3 Å². The molecule has 1 rings (SSSR count). The Hall–Kier alpha value is -1.15. The second-order valence-electron chi connectivity index (χ2n) is 4.70. The Kier molecular flexibility index (Phi) is 4.69. The van der Waals surface area contributed by atoms with Crippen LogP contribution in [0.2, 0.25) is 0 Å². The van der Waals surface area contributed by atoms with Gasteiger partial charge in [-0.1, -0.05) is 44.2 Å². The van der Waals surface area contributed by atoms with Crippen LogP contribution in [0.3, 0.4) is 0 Å². The molecule has 0 saturated carbocycles. The van der Waals surface area contributed by atoms with Crippen molar-refractivity contribution < 1.29 is 9.90 Å². The van der Waals surface area contributed by atoms with Gasteiger partial charge in [-0.25, -0.2) is 0 Å². The van der Waals surface area contributed by atoms with Crippen molar-refractivity contribution in [3.8, 4) is 0 Å². The Morgan fingerprint density at radius 1 is 1.25 bits per heavy atom. The highest BCUT2D eigenvalue weighted by molar-refractivity contribution is 5.79. The van der Waals surface area contributed by atoms with E-state index in [-0.39, 0.29) is 11.7 Å². The average molecular weight is 220 g/mol. The number of aliphatic hydroxyl groups is 1. The highest BCUT2D eigenvalue weighted by Crippen LogP contribution is 2.27. The highest BCUT2D eigenvalue weighted by Gasteiger charge is 2.25. The van der Waals surface area contributed by atoms with Crippen molar-refractivity contribution in [3.63, 3.8) is 0 Å². The van der Waals surface area contributed by atoms with E-state index in [9.17, 15) is 9.90 Å². The first-order valence-corrected chi connectivity index (χ1v) is 5.75. The predicted molar refractivity (Wildman–Crippen MR) is 65.0 cm³/mol. The number of ketones is 1. The Morgan fingerprint density at radius 2 is 1.81 bits per heavy atom. The van der Waals surface area contributed by atoms with E-state index in [0.29, 0.717) is 5.92 Å². The van der Waals surface area contributed by atoms with Crippen LogP contribution in [0.4, 0.5) is 0 Å². The molecule has 16 heavy (non-hydrogen) atoms. The minimum Gasteiger partial charge on any atom is -0.388 e. The Morgan fingerprint density at radius 3 is 2.25 bits per heavy atom. The van der Waals surface area contributed by atoms with Gasteiger partial charge in [0.15, 0.2) is 0 Å². The molecule has 0 aliphatic heterocycles. The smallest absolute Gasteiger partial charge is 0.135 e.